The third-order valence-electron chi connectivity index (χ3n) is 7.26. The molecular weight excluding hydrogens is 377 g/mol. The number of rotatable bonds is 3. The Morgan fingerprint density at radius 2 is 1.72 bits per heavy atom. The molecule has 4 atom stereocenters. The zero-order chi connectivity index (χ0) is 20.7. The maximum Gasteiger partial charge on any atom is 0.343 e. The number of ether oxygens (including phenoxy) is 1. The lowest BCUT2D eigenvalue weighted by Crippen LogP contribution is -2.30. The van der Waals surface area contributed by atoms with Gasteiger partial charge in [0, 0.05) is 0 Å². The van der Waals surface area contributed by atoms with Gasteiger partial charge in [-0.25, -0.2) is 18.0 Å². The highest BCUT2D eigenvalue weighted by atomic mass is 19.1. The number of carbonyl (C=O) groups excluding carboxylic acids is 1. The summed E-state index contributed by atoms with van der Waals surface area (Å²) in [6.07, 6.45) is 8.16. The average molecular weight is 404 g/mol. The Labute approximate surface area is 169 Å². The van der Waals surface area contributed by atoms with Gasteiger partial charge >= 0.3 is 5.97 Å². The molecule has 0 N–H and O–H groups in total. The molecule has 4 rings (SSSR count). The number of fused-ring (bicyclic) bond motifs is 2. The van der Waals surface area contributed by atoms with Crippen LogP contribution >= 0.6 is 0 Å². The number of hydrogen-bond acceptors (Lipinski definition) is 2. The van der Waals surface area contributed by atoms with Crippen molar-refractivity contribution < 1.29 is 22.7 Å². The number of esters is 1. The van der Waals surface area contributed by atoms with Gasteiger partial charge in [-0.2, -0.15) is 0 Å². The van der Waals surface area contributed by atoms with E-state index in [0.717, 1.165) is 49.8 Å². The average Bonchev–Trinajstić information content (AvgIpc) is 2.72. The van der Waals surface area contributed by atoms with Crippen molar-refractivity contribution in [1.82, 2.24) is 0 Å². The number of methoxy groups -OCH3 is 1. The molecule has 2 saturated carbocycles. The lowest BCUT2D eigenvalue weighted by molar-refractivity contribution is 0.0590. The first-order chi connectivity index (χ1) is 13.9. The molecule has 2 aromatic rings. The molecule has 2 nitrogen and oxygen atoms in total. The molecule has 0 heterocycles. The molecule has 0 bridgehead atoms. The quantitative estimate of drug-likeness (QED) is 0.529. The van der Waals surface area contributed by atoms with Crippen LogP contribution in [0.15, 0.2) is 18.2 Å². The second kappa shape index (κ2) is 8.00. The minimum absolute atomic E-state index is 0.152. The van der Waals surface area contributed by atoms with Crippen LogP contribution in [0.2, 0.25) is 0 Å². The van der Waals surface area contributed by atoms with Gasteiger partial charge in [0.2, 0.25) is 0 Å². The molecule has 0 aromatic heterocycles. The van der Waals surface area contributed by atoms with E-state index in [1.807, 2.05) is 0 Å². The first-order valence-electron chi connectivity index (χ1n) is 10.6. The summed E-state index contributed by atoms with van der Waals surface area (Å²) in [4.78, 5) is 11.7. The second-order valence-electron chi connectivity index (χ2n) is 8.76. The van der Waals surface area contributed by atoms with Crippen molar-refractivity contribution in [2.45, 2.75) is 57.8 Å². The zero-order valence-electron chi connectivity index (χ0n) is 16.9. The molecule has 2 unspecified atom stereocenters. The van der Waals surface area contributed by atoms with Gasteiger partial charge in [0.05, 0.1) is 12.5 Å². The third-order valence-corrected chi connectivity index (χ3v) is 7.26. The molecule has 0 amide bonds. The summed E-state index contributed by atoms with van der Waals surface area (Å²) in [5.74, 6) is -1.67. The fourth-order valence-corrected chi connectivity index (χ4v) is 5.62. The van der Waals surface area contributed by atoms with E-state index in [1.165, 1.54) is 31.7 Å². The molecule has 29 heavy (non-hydrogen) atoms. The fourth-order valence-electron chi connectivity index (χ4n) is 5.62. The Morgan fingerprint density at radius 1 is 1.00 bits per heavy atom. The van der Waals surface area contributed by atoms with Crippen LogP contribution in [-0.4, -0.2) is 13.1 Å². The van der Waals surface area contributed by atoms with E-state index in [0.29, 0.717) is 5.92 Å². The van der Waals surface area contributed by atoms with Crippen molar-refractivity contribution in [2.24, 2.45) is 17.8 Å². The smallest absolute Gasteiger partial charge is 0.343 e. The SMILES string of the molecule is CCC1CC[C@@H]2CC(c3cc(F)c4c(F)c(C(=O)OC)c(F)cc4c3)CC[C@H]2C1. The van der Waals surface area contributed by atoms with Gasteiger partial charge < -0.3 is 4.74 Å². The van der Waals surface area contributed by atoms with Crippen molar-refractivity contribution in [3.05, 3.63) is 46.8 Å². The highest BCUT2D eigenvalue weighted by Crippen LogP contribution is 2.48. The molecule has 0 spiro atoms. The predicted molar refractivity (Wildman–Crippen MR) is 106 cm³/mol. The number of carbonyl (C=O) groups is 1. The van der Waals surface area contributed by atoms with E-state index >= 15 is 0 Å². The van der Waals surface area contributed by atoms with Crippen molar-refractivity contribution in [1.29, 1.82) is 0 Å². The topological polar surface area (TPSA) is 26.3 Å². The number of benzene rings is 2. The largest absolute Gasteiger partial charge is 0.465 e. The van der Waals surface area contributed by atoms with E-state index in [-0.39, 0.29) is 16.7 Å². The Hall–Kier alpha value is -2.04. The van der Waals surface area contributed by atoms with Crippen LogP contribution in [-0.2, 0) is 4.74 Å². The molecule has 2 fully saturated rings. The van der Waals surface area contributed by atoms with Gasteiger partial charge in [-0.05, 0) is 78.9 Å². The van der Waals surface area contributed by atoms with E-state index in [4.69, 9.17) is 0 Å². The van der Waals surface area contributed by atoms with Crippen LogP contribution in [0.3, 0.4) is 0 Å². The van der Waals surface area contributed by atoms with E-state index < -0.39 is 29.0 Å². The summed E-state index contributed by atoms with van der Waals surface area (Å²) in [5.41, 5.74) is -0.0458. The summed E-state index contributed by atoms with van der Waals surface area (Å²) in [5, 5.41) is -0.202. The summed E-state index contributed by atoms with van der Waals surface area (Å²) in [6.45, 7) is 2.26. The summed E-state index contributed by atoms with van der Waals surface area (Å²) in [7, 11) is 1.04. The van der Waals surface area contributed by atoms with Gasteiger partial charge in [0.15, 0.2) is 5.82 Å². The number of hydrogen-bond donors (Lipinski definition) is 0. The van der Waals surface area contributed by atoms with Gasteiger partial charge in [-0.15, -0.1) is 0 Å². The van der Waals surface area contributed by atoms with Gasteiger partial charge in [-0.3, -0.25) is 0 Å². The minimum atomic E-state index is -1.20. The predicted octanol–water partition coefficient (Wildman–Crippen LogP) is 6.75. The second-order valence-corrected chi connectivity index (χ2v) is 8.76. The van der Waals surface area contributed by atoms with Gasteiger partial charge in [0.1, 0.15) is 17.2 Å². The van der Waals surface area contributed by atoms with Crippen LogP contribution in [0.5, 0.6) is 0 Å². The Balaban J connectivity index is 1.65. The summed E-state index contributed by atoms with van der Waals surface area (Å²) < 4.78 is 48.4. The van der Waals surface area contributed by atoms with Crippen molar-refractivity contribution in [2.75, 3.05) is 7.11 Å². The lowest BCUT2D eigenvalue weighted by Gasteiger charge is -2.42. The normalized spacial score (nSPS) is 26.9. The first-order valence-corrected chi connectivity index (χ1v) is 10.6. The summed E-state index contributed by atoms with van der Waals surface area (Å²) >= 11 is 0. The lowest BCUT2D eigenvalue weighted by atomic mass is 9.63. The molecule has 0 saturated heterocycles. The van der Waals surface area contributed by atoms with E-state index in [2.05, 4.69) is 11.7 Å². The van der Waals surface area contributed by atoms with Crippen molar-refractivity contribution >= 4 is 16.7 Å². The highest BCUT2D eigenvalue weighted by Gasteiger charge is 2.36. The maximum atomic E-state index is 14.9. The van der Waals surface area contributed by atoms with Gasteiger partial charge in [0.25, 0.3) is 0 Å². The van der Waals surface area contributed by atoms with E-state index in [1.54, 1.807) is 6.07 Å². The molecular formula is C24H27F3O2. The molecule has 0 radical (unpaired) electrons. The van der Waals surface area contributed by atoms with Crippen molar-refractivity contribution in [3.63, 3.8) is 0 Å². The first kappa shape index (κ1) is 20.2. The Bertz CT molecular complexity index is 940. The molecule has 2 aromatic carbocycles. The number of halogens is 3. The maximum absolute atomic E-state index is 14.9. The third kappa shape index (κ3) is 3.64. The Kier molecular flexibility index (Phi) is 5.58. The molecule has 156 valence electrons. The molecule has 2 aliphatic rings. The molecule has 2 aliphatic carbocycles. The van der Waals surface area contributed by atoms with Crippen LogP contribution in [0.4, 0.5) is 13.2 Å². The van der Waals surface area contributed by atoms with Crippen LogP contribution < -0.4 is 0 Å². The fraction of sp³-hybridized carbons (Fsp3) is 0.542. The van der Waals surface area contributed by atoms with Crippen molar-refractivity contribution in [3.8, 4) is 0 Å². The van der Waals surface area contributed by atoms with Crippen LogP contribution in [0, 0.1) is 35.2 Å². The molecule has 5 heteroatoms. The monoisotopic (exact) mass is 404 g/mol. The highest BCUT2D eigenvalue weighted by molar-refractivity contribution is 5.96. The summed E-state index contributed by atoms with van der Waals surface area (Å²) in [6, 6.07) is 4.09. The Morgan fingerprint density at radius 3 is 2.45 bits per heavy atom. The zero-order valence-corrected chi connectivity index (χ0v) is 16.9. The minimum Gasteiger partial charge on any atom is -0.465 e. The molecule has 0 aliphatic heterocycles. The van der Waals surface area contributed by atoms with E-state index in [9.17, 15) is 18.0 Å². The standard InChI is InChI=1S/C24H27F3O2/c1-3-13-4-5-15-9-16(7-6-14(15)8-13)17-10-18-12-20(26)22(24(28)29-2)23(27)21(18)19(25)11-17/h10-16H,3-9H2,1-2H3/t13?,14-,15+,16?/m0/s1. The van der Waals surface area contributed by atoms with Gasteiger partial charge in [-0.1, -0.05) is 25.8 Å². The van der Waals surface area contributed by atoms with Crippen LogP contribution in [0.1, 0.15) is 73.7 Å². The van der Waals surface area contributed by atoms with Crippen LogP contribution in [0.25, 0.3) is 10.8 Å².